The van der Waals surface area contributed by atoms with Crippen LogP contribution in [-0.2, 0) is 10.5 Å². The van der Waals surface area contributed by atoms with Crippen molar-refractivity contribution < 1.29 is 14.1 Å². The lowest BCUT2D eigenvalue weighted by Gasteiger charge is -2.17. The van der Waals surface area contributed by atoms with Gasteiger partial charge in [-0.15, -0.1) is 0 Å². The molecule has 2 aromatic rings. The Bertz CT molecular complexity index is 727. The Hall–Kier alpha value is -2.08. The minimum atomic E-state index is -0.309. The number of pyridine rings is 1. The fraction of sp³-hybridized carbons (Fsp3) is 0.389. The second-order valence-corrected chi connectivity index (χ2v) is 6.79. The van der Waals surface area contributed by atoms with E-state index in [1.807, 2.05) is 13.0 Å². The quantitative estimate of drug-likeness (QED) is 0.445. The summed E-state index contributed by atoms with van der Waals surface area (Å²) in [5.74, 6) is 1.48. The molecule has 2 heterocycles. The molecule has 1 atom stereocenters. The summed E-state index contributed by atoms with van der Waals surface area (Å²) in [6, 6.07) is 5.39. The van der Waals surface area contributed by atoms with Gasteiger partial charge in [0.1, 0.15) is 10.8 Å². The van der Waals surface area contributed by atoms with Crippen LogP contribution in [0.3, 0.4) is 0 Å². The van der Waals surface area contributed by atoms with Gasteiger partial charge in [-0.1, -0.05) is 29.1 Å². The highest BCUT2D eigenvalue weighted by molar-refractivity contribution is 7.98. The molecule has 1 aliphatic carbocycles. The molecule has 126 valence electrons. The number of hydrogen-bond acceptors (Lipinski definition) is 6. The van der Waals surface area contributed by atoms with E-state index >= 15 is 0 Å². The number of thioether (sulfide) groups is 1. The van der Waals surface area contributed by atoms with Crippen LogP contribution in [-0.4, -0.2) is 22.7 Å². The largest absolute Gasteiger partial charge is 0.462 e. The van der Waals surface area contributed by atoms with E-state index < -0.39 is 0 Å². The third-order valence-electron chi connectivity index (χ3n) is 3.85. The van der Waals surface area contributed by atoms with Crippen LogP contribution < -0.4 is 0 Å². The molecule has 5 nitrogen and oxygen atoms in total. The van der Waals surface area contributed by atoms with Crippen molar-refractivity contribution in [3.8, 4) is 0 Å². The van der Waals surface area contributed by atoms with Gasteiger partial charge >= 0.3 is 5.97 Å². The zero-order chi connectivity index (χ0) is 16.8. The smallest absolute Gasteiger partial charge is 0.340 e. The summed E-state index contributed by atoms with van der Waals surface area (Å²) in [4.78, 5) is 16.7. The predicted octanol–water partition coefficient (Wildman–Crippen LogP) is 4.18. The average molecular weight is 344 g/mol. The first-order chi connectivity index (χ1) is 11.7. The topological polar surface area (TPSA) is 65.2 Å². The number of ether oxygens (including phenoxy) is 1. The first-order valence-electron chi connectivity index (χ1n) is 8.04. The summed E-state index contributed by atoms with van der Waals surface area (Å²) in [5, 5.41) is 4.62. The molecule has 24 heavy (non-hydrogen) atoms. The molecule has 6 heteroatoms. The molecule has 0 amide bonds. The van der Waals surface area contributed by atoms with E-state index in [4.69, 9.17) is 9.26 Å². The molecule has 3 rings (SSSR count). The van der Waals surface area contributed by atoms with Gasteiger partial charge in [0.25, 0.3) is 0 Å². The number of carbonyl (C=O) groups excluding carboxylic acids is 1. The maximum atomic E-state index is 12.4. The molecule has 0 aliphatic heterocycles. The van der Waals surface area contributed by atoms with E-state index in [2.05, 4.69) is 22.3 Å². The standard InChI is InChI=1S/C18H20N2O3S/c1-13-10-15(20-23-13)12-24-17-16(8-5-9-19-17)18(21)22-11-14-6-3-2-4-7-14/h2-3,5,8-10,14H,4,6-7,11-12H2,1H3. The molecule has 0 saturated carbocycles. The molecule has 0 radical (unpaired) electrons. The maximum absolute atomic E-state index is 12.4. The number of hydrogen-bond donors (Lipinski definition) is 0. The molecular weight excluding hydrogens is 324 g/mol. The van der Waals surface area contributed by atoms with E-state index in [0.29, 0.717) is 28.9 Å². The number of esters is 1. The normalized spacial score (nSPS) is 17.0. The van der Waals surface area contributed by atoms with Crippen molar-refractivity contribution in [1.29, 1.82) is 0 Å². The fourth-order valence-electron chi connectivity index (χ4n) is 2.57. The van der Waals surface area contributed by atoms with Gasteiger partial charge in [0.15, 0.2) is 0 Å². The van der Waals surface area contributed by atoms with Crippen LogP contribution in [0.15, 0.2) is 46.1 Å². The van der Waals surface area contributed by atoms with E-state index in [0.717, 1.165) is 30.7 Å². The summed E-state index contributed by atoms with van der Waals surface area (Å²) < 4.78 is 10.6. The molecule has 0 spiro atoms. The van der Waals surface area contributed by atoms with Gasteiger partial charge in [0, 0.05) is 18.0 Å². The molecule has 1 aliphatic rings. The number of allylic oxidation sites excluding steroid dienone is 2. The second-order valence-electron chi connectivity index (χ2n) is 5.82. The van der Waals surface area contributed by atoms with Crippen LogP contribution in [0.1, 0.15) is 41.1 Å². The van der Waals surface area contributed by atoms with E-state index in [-0.39, 0.29) is 5.97 Å². The van der Waals surface area contributed by atoms with Crippen LogP contribution in [0, 0.1) is 12.8 Å². The van der Waals surface area contributed by atoms with Crippen molar-refractivity contribution in [3.05, 3.63) is 53.6 Å². The Morgan fingerprint density at radius 2 is 2.38 bits per heavy atom. The maximum Gasteiger partial charge on any atom is 0.340 e. The number of aromatic nitrogens is 2. The van der Waals surface area contributed by atoms with E-state index in [9.17, 15) is 4.79 Å². The summed E-state index contributed by atoms with van der Waals surface area (Å²) in [5.41, 5.74) is 1.34. The zero-order valence-electron chi connectivity index (χ0n) is 13.6. The molecule has 0 aromatic carbocycles. The molecule has 0 bridgehead atoms. The zero-order valence-corrected chi connectivity index (χ0v) is 14.4. The van der Waals surface area contributed by atoms with E-state index in [1.54, 1.807) is 18.3 Å². The number of aryl methyl sites for hydroxylation is 1. The van der Waals surface area contributed by atoms with Gasteiger partial charge in [-0.05, 0) is 44.2 Å². The van der Waals surface area contributed by atoms with Gasteiger partial charge in [-0.2, -0.15) is 0 Å². The van der Waals surface area contributed by atoms with Crippen molar-refractivity contribution in [2.75, 3.05) is 6.61 Å². The molecule has 1 unspecified atom stereocenters. The molecule has 0 fully saturated rings. The summed E-state index contributed by atoms with van der Waals surface area (Å²) in [7, 11) is 0. The lowest BCUT2D eigenvalue weighted by molar-refractivity contribution is 0.0427. The number of carbonyl (C=O) groups is 1. The van der Waals surface area contributed by atoms with Crippen LogP contribution in [0.25, 0.3) is 0 Å². The van der Waals surface area contributed by atoms with Gasteiger partial charge in [-0.25, -0.2) is 9.78 Å². The van der Waals surface area contributed by atoms with Crippen LogP contribution in [0.2, 0.25) is 0 Å². The van der Waals surface area contributed by atoms with Crippen LogP contribution in [0.5, 0.6) is 0 Å². The Labute approximate surface area is 145 Å². The summed E-state index contributed by atoms with van der Waals surface area (Å²) >= 11 is 1.46. The highest BCUT2D eigenvalue weighted by atomic mass is 32.2. The number of nitrogens with zero attached hydrogens (tertiary/aromatic N) is 2. The minimum absolute atomic E-state index is 0.309. The second kappa shape index (κ2) is 8.15. The first kappa shape index (κ1) is 16.8. The Morgan fingerprint density at radius 3 is 3.12 bits per heavy atom. The predicted molar refractivity (Wildman–Crippen MR) is 91.8 cm³/mol. The van der Waals surface area contributed by atoms with Crippen molar-refractivity contribution >= 4 is 17.7 Å². The van der Waals surface area contributed by atoms with Gasteiger partial charge in [-0.3, -0.25) is 0 Å². The van der Waals surface area contributed by atoms with Gasteiger partial charge in [0.05, 0.1) is 17.9 Å². The number of rotatable bonds is 6. The monoisotopic (exact) mass is 344 g/mol. The molecule has 2 aromatic heterocycles. The highest BCUT2D eigenvalue weighted by Crippen LogP contribution is 2.25. The fourth-order valence-corrected chi connectivity index (χ4v) is 3.43. The van der Waals surface area contributed by atoms with Gasteiger partial charge in [0.2, 0.25) is 0 Å². The van der Waals surface area contributed by atoms with E-state index in [1.165, 1.54) is 11.8 Å². The van der Waals surface area contributed by atoms with Crippen molar-refractivity contribution in [2.24, 2.45) is 5.92 Å². The van der Waals surface area contributed by atoms with Crippen LogP contribution >= 0.6 is 11.8 Å². The Kier molecular flexibility index (Phi) is 5.69. The lowest BCUT2D eigenvalue weighted by atomic mass is 9.95. The molecule has 0 N–H and O–H groups in total. The van der Waals surface area contributed by atoms with Crippen LogP contribution in [0.4, 0.5) is 0 Å². The Balaban J connectivity index is 1.60. The lowest BCUT2D eigenvalue weighted by Crippen LogP contribution is -2.16. The molecular formula is C18H20N2O3S. The van der Waals surface area contributed by atoms with Crippen molar-refractivity contribution in [1.82, 2.24) is 10.1 Å². The Morgan fingerprint density at radius 1 is 1.46 bits per heavy atom. The first-order valence-corrected chi connectivity index (χ1v) is 9.03. The summed E-state index contributed by atoms with van der Waals surface area (Å²) in [6.45, 7) is 2.32. The SMILES string of the molecule is Cc1cc(CSc2ncccc2C(=O)OCC2CC=CCC2)no1. The van der Waals surface area contributed by atoms with Gasteiger partial charge < -0.3 is 9.26 Å². The highest BCUT2D eigenvalue weighted by Gasteiger charge is 2.17. The van der Waals surface area contributed by atoms with Crippen molar-refractivity contribution in [3.63, 3.8) is 0 Å². The average Bonchev–Trinajstić information content (AvgIpc) is 3.04. The van der Waals surface area contributed by atoms with Crippen molar-refractivity contribution in [2.45, 2.75) is 37.0 Å². The molecule has 0 saturated heterocycles. The summed E-state index contributed by atoms with van der Waals surface area (Å²) in [6.07, 6.45) is 9.14. The minimum Gasteiger partial charge on any atom is -0.462 e. The third kappa shape index (κ3) is 4.47. The third-order valence-corrected chi connectivity index (χ3v) is 4.89.